The second-order valence-electron chi connectivity index (χ2n) is 5.61. The zero-order chi connectivity index (χ0) is 11.3. The van der Waals surface area contributed by atoms with E-state index in [1.54, 1.807) is 0 Å². The van der Waals surface area contributed by atoms with Crippen molar-refractivity contribution >= 4 is 0 Å². The van der Waals surface area contributed by atoms with Gasteiger partial charge < -0.3 is 0 Å². The van der Waals surface area contributed by atoms with Gasteiger partial charge in [0.05, 0.1) is 0 Å². The van der Waals surface area contributed by atoms with E-state index in [1.807, 2.05) is 0 Å². The maximum atomic E-state index is 2.39. The smallest absolute Gasteiger partial charge is 0.0123 e. The summed E-state index contributed by atoms with van der Waals surface area (Å²) in [7, 11) is 0. The van der Waals surface area contributed by atoms with E-state index in [9.17, 15) is 0 Å². The Kier molecular flexibility index (Phi) is 1.92. The van der Waals surface area contributed by atoms with Gasteiger partial charge in [-0.05, 0) is 29.4 Å². The van der Waals surface area contributed by atoms with Crippen molar-refractivity contribution < 1.29 is 0 Å². The van der Waals surface area contributed by atoms with Crippen LogP contribution in [0.25, 0.3) is 0 Å². The van der Waals surface area contributed by atoms with E-state index in [1.165, 1.54) is 16.7 Å². The first kappa shape index (κ1) is 9.89. The summed E-state index contributed by atoms with van der Waals surface area (Å²) >= 11 is 0. The third kappa shape index (κ3) is 1.10. The monoisotopic (exact) mass is 210 g/mol. The van der Waals surface area contributed by atoms with Crippen molar-refractivity contribution in [3.63, 3.8) is 0 Å². The molecule has 0 saturated carbocycles. The van der Waals surface area contributed by atoms with Crippen molar-refractivity contribution in [2.24, 2.45) is 5.92 Å². The van der Waals surface area contributed by atoms with Gasteiger partial charge in [-0.15, -0.1) is 0 Å². The van der Waals surface area contributed by atoms with Gasteiger partial charge in [0.15, 0.2) is 0 Å². The molecule has 82 valence electrons. The Morgan fingerprint density at radius 2 is 1.88 bits per heavy atom. The maximum absolute atomic E-state index is 2.39. The molecule has 1 aromatic carbocycles. The van der Waals surface area contributed by atoms with Gasteiger partial charge in [0, 0.05) is 5.92 Å². The lowest BCUT2D eigenvalue weighted by Gasteiger charge is -2.31. The number of benzene rings is 1. The molecule has 2 aliphatic carbocycles. The fourth-order valence-corrected chi connectivity index (χ4v) is 3.46. The van der Waals surface area contributed by atoms with Gasteiger partial charge in [-0.2, -0.15) is 0 Å². The van der Waals surface area contributed by atoms with E-state index in [2.05, 4.69) is 63.3 Å². The van der Waals surface area contributed by atoms with E-state index in [-0.39, 0.29) is 5.41 Å². The molecular formula is C16H18. The van der Waals surface area contributed by atoms with Gasteiger partial charge in [-0.25, -0.2) is 0 Å². The minimum absolute atomic E-state index is 0.271. The summed E-state index contributed by atoms with van der Waals surface area (Å²) in [4.78, 5) is 0. The molecule has 0 aliphatic heterocycles. The highest BCUT2D eigenvalue weighted by Gasteiger charge is 2.45. The molecule has 0 radical (unpaired) electrons. The fourth-order valence-electron chi connectivity index (χ4n) is 3.46. The molecular weight excluding hydrogens is 192 g/mol. The van der Waals surface area contributed by atoms with E-state index in [4.69, 9.17) is 0 Å². The summed E-state index contributed by atoms with van der Waals surface area (Å²) in [6, 6.07) is 8.94. The maximum Gasteiger partial charge on any atom is 0.0123 e. The van der Waals surface area contributed by atoms with Crippen LogP contribution in [0.4, 0.5) is 0 Å². The number of hydrogen-bond acceptors (Lipinski definition) is 0. The highest BCUT2D eigenvalue weighted by atomic mass is 14.5. The van der Waals surface area contributed by atoms with Crippen LogP contribution in [0.2, 0.25) is 0 Å². The molecule has 2 atom stereocenters. The van der Waals surface area contributed by atoms with Crippen LogP contribution < -0.4 is 0 Å². The van der Waals surface area contributed by atoms with E-state index < -0.39 is 0 Å². The average molecular weight is 210 g/mol. The van der Waals surface area contributed by atoms with Gasteiger partial charge in [-0.1, -0.05) is 61.9 Å². The Bertz CT molecular complexity index is 489. The van der Waals surface area contributed by atoms with E-state index in [0.717, 1.165) is 0 Å². The minimum atomic E-state index is 0.271. The highest BCUT2D eigenvalue weighted by Crippen LogP contribution is 2.54. The lowest BCUT2D eigenvalue weighted by Crippen LogP contribution is -2.25. The molecule has 0 amide bonds. The second-order valence-corrected chi connectivity index (χ2v) is 5.61. The van der Waals surface area contributed by atoms with Crippen LogP contribution in [0.15, 0.2) is 48.1 Å². The van der Waals surface area contributed by atoms with Crippen molar-refractivity contribution in [1.29, 1.82) is 0 Å². The number of allylic oxidation sites excluding steroid dienone is 4. The van der Waals surface area contributed by atoms with Crippen LogP contribution in [0.5, 0.6) is 0 Å². The zero-order valence-electron chi connectivity index (χ0n) is 10.2. The summed E-state index contributed by atoms with van der Waals surface area (Å²) in [6.45, 7) is 7.01. The standard InChI is InChI=1S/C16H18/c1-11-7-6-10-14-15(11)12-8-4-5-9-13(12)16(14,2)3/h4-10,14-15H,1-3H3. The lowest BCUT2D eigenvalue weighted by atomic mass is 9.72. The third-order valence-electron chi connectivity index (χ3n) is 4.35. The Labute approximate surface area is 97.7 Å². The highest BCUT2D eigenvalue weighted by molar-refractivity contribution is 5.51. The molecule has 0 heteroatoms. The molecule has 16 heavy (non-hydrogen) atoms. The molecule has 0 bridgehead atoms. The second kappa shape index (κ2) is 3.10. The Hall–Kier alpha value is -1.30. The molecule has 3 rings (SSSR count). The third-order valence-corrected chi connectivity index (χ3v) is 4.35. The molecule has 0 nitrogen and oxygen atoms in total. The van der Waals surface area contributed by atoms with Crippen molar-refractivity contribution in [1.82, 2.24) is 0 Å². The molecule has 0 saturated heterocycles. The Morgan fingerprint density at radius 3 is 2.69 bits per heavy atom. The summed E-state index contributed by atoms with van der Waals surface area (Å²) in [5.41, 5.74) is 4.85. The zero-order valence-corrected chi connectivity index (χ0v) is 10.2. The number of rotatable bonds is 0. The molecule has 0 fully saturated rings. The SMILES string of the molecule is CC1=CC=CC2C1c1ccccc1C2(C)C. The number of fused-ring (bicyclic) bond motifs is 3. The number of hydrogen-bond donors (Lipinski definition) is 0. The predicted octanol–water partition coefficient (Wildman–Crippen LogP) is 4.19. The van der Waals surface area contributed by atoms with Crippen molar-refractivity contribution in [2.45, 2.75) is 32.1 Å². The van der Waals surface area contributed by atoms with Crippen LogP contribution in [0, 0.1) is 5.92 Å². The van der Waals surface area contributed by atoms with Crippen LogP contribution >= 0.6 is 0 Å². The summed E-state index contributed by atoms with van der Waals surface area (Å²) < 4.78 is 0. The van der Waals surface area contributed by atoms with Crippen molar-refractivity contribution in [3.05, 3.63) is 59.2 Å². The Balaban J connectivity index is 2.25. The first-order chi connectivity index (χ1) is 7.62. The molecule has 0 aromatic heterocycles. The van der Waals surface area contributed by atoms with E-state index >= 15 is 0 Å². The molecule has 0 heterocycles. The predicted molar refractivity (Wildman–Crippen MR) is 68.6 cm³/mol. The van der Waals surface area contributed by atoms with Crippen LogP contribution in [0.1, 0.15) is 37.8 Å². The van der Waals surface area contributed by atoms with Crippen LogP contribution in [-0.4, -0.2) is 0 Å². The van der Waals surface area contributed by atoms with Gasteiger partial charge >= 0.3 is 0 Å². The Morgan fingerprint density at radius 1 is 1.12 bits per heavy atom. The van der Waals surface area contributed by atoms with Crippen molar-refractivity contribution in [3.8, 4) is 0 Å². The fraction of sp³-hybridized carbons (Fsp3) is 0.375. The first-order valence-corrected chi connectivity index (χ1v) is 6.07. The molecule has 2 unspecified atom stereocenters. The summed E-state index contributed by atoms with van der Waals surface area (Å²) in [5.74, 6) is 1.24. The average Bonchev–Trinajstić information content (AvgIpc) is 2.51. The first-order valence-electron chi connectivity index (χ1n) is 6.07. The topological polar surface area (TPSA) is 0 Å². The quantitative estimate of drug-likeness (QED) is 0.602. The minimum Gasteiger partial charge on any atom is -0.0796 e. The van der Waals surface area contributed by atoms with Gasteiger partial charge in [0.2, 0.25) is 0 Å². The molecule has 1 aromatic rings. The summed E-state index contributed by atoms with van der Waals surface area (Å²) in [6.07, 6.45) is 6.88. The van der Waals surface area contributed by atoms with Crippen molar-refractivity contribution in [2.75, 3.05) is 0 Å². The molecule has 0 spiro atoms. The lowest BCUT2D eigenvalue weighted by molar-refractivity contribution is 0.387. The largest absolute Gasteiger partial charge is 0.0796 e. The van der Waals surface area contributed by atoms with Gasteiger partial charge in [0.1, 0.15) is 0 Å². The van der Waals surface area contributed by atoms with Crippen LogP contribution in [-0.2, 0) is 5.41 Å². The van der Waals surface area contributed by atoms with Gasteiger partial charge in [0.25, 0.3) is 0 Å². The van der Waals surface area contributed by atoms with Crippen LogP contribution in [0.3, 0.4) is 0 Å². The van der Waals surface area contributed by atoms with Gasteiger partial charge in [-0.3, -0.25) is 0 Å². The molecule has 2 aliphatic rings. The normalized spacial score (nSPS) is 29.6. The summed E-state index contributed by atoms with van der Waals surface area (Å²) in [5, 5.41) is 0. The molecule has 0 N–H and O–H groups in total. The van der Waals surface area contributed by atoms with E-state index in [0.29, 0.717) is 11.8 Å².